The molecule has 0 fully saturated rings. The Hall–Kier alpha value is -2.15. The highest BCUT2D eigenvalue weighted by Crippen LogP contribution is 2.19. The number of carbonyl (C=O) groups excluding carboxylic acids is 1. The number of nitrogens with one attached hydrogen (secondary N) is 1. The molecule has 1 heterocycles. The first-order valence-electron chi connectivity index (χ1n) is 5.59. The third kappa shape index (κ3) is 3.19. The molecule has 19 heavy (non-hydrogen) atoms. The predicted octanol–water partition coefficient (Wildman–Crippen LogP) is 2.17. The van der Waals surface area contributed by atoms with Crippen molar-refractivity contribution in [3.63, 3.8) is 0 Å². The fraction of sp³-hybridized carbons (Fsp3) is 0.167. The number of hydrogen-bond donors (Lipinski definition) is 1. The Kier molecular flexibility index (Phi) is 3.96. The third-order valence-corrected chi connectivity index (χ3v) is 3.10. The number of nitro benzene ring substituents is 1. The van der Waals surface area contributed by atoms with Crippen molar-refractivity contribution in [3.05, 3.63) is 45.6 Å². The zero-order chi connectivity index (χ0) is 13.8. The summed E-state index contributed by atoms with van der Waals surface area (Å²) in [4.78, 5) is 26.0. The van der Waals surface area contributed by atoms with E-state index in [2.05, 4.69) is 10.3 Å². The lowest BCUT2D eigenvalue weighted by atomic mass is 10.1. The van der Waals surface area contributed by atoms with E-state index in [1.165, 1.54) is 30.0 Å². The summed E-state index contributed by atoms with van der Waals surface area (Å²) in [6.07, 6.45) is 1.53. The fourth-order valence-corrected chi connectivity index (χ4v) is 2.14. The molecule has 0 atom stereocenters. The van der Waals surface area contributed by atoms with Crippen molar-refractivity contribution < 1.29 is 9.72 Å². The number of hydrogen-bond acceptors (Lipinski definition) is 5. The van der Waals surface area contributed by atoms with Crippen molar-refractivity contribution in [2.45, 2.75) is 6.92 Å². The molecule has 1 aliphatic heterocycles. The van der Waals surface area contributed by atoms with Gasteiger partial charge in [0.1, 0.15) is 5.70 Å². The van der Waals surface area contributed by atoms with Gasteiger partial charge in [0.05, 0.1) is 4.92 Å². The minimum atomic E-state index is -0.474. The standard InChI is InChI=1S/C12H11N3O3S/c1-2-19-12-13-10(11(16)14-12)7-8-4-3-5-9(6-8)15(17)18/h3-7H,2H2,1H3,(H,13,14,16)/b10-7-. The van der Waals surface area contributed by atoms with Crippen LogP contribution in [0.15, 0.2) is 35.0 Å². The lowest BCUT2D eigenvalue weighted by Gasteiger charge is -1.95. The zero-order valence-corrected chi connectivity index (χ0v) is 10.9. The van der Waals surface area contributed by atoms with Crippen molar-refractivity contribution >= 4 is 34.6 Å². The second-order valence-electron chi connectivity index (χ2n) is 3.69. The van der Waals surface area contributed by atoms with Gasteiger partial charge in [0, 0.05) is 12.1 Å². The number of rotatable bonds is 3. The van der Waals surface area contributed by atoms with Crippen molar-refractivity contribution in [2.24, 2.45) is 4.99 Å². The molecular weight excluding hydrogens is 266 g/mol. The van der Waals surface area contributed by atoms with E-state index in [0.717, 1.165) is 5.75 Å². The zero-order valence-electron chi connectivity index (χ0n) is 10.1. The topological polar surface area (TPSA) is 84.6 Å². The van der Waals surface area contributed by atoms with E-state index in [9.17, 15) is 14.9 Å². The van der Waals surface area contributed by atoms with Gasteiger partial charge in [-0.2, -0.15) is 0 Å². The van der Waals surface area contributed by atoms with Gasteiger partial charge in [0.25, 0.3) is 11.6 Å². The van der Waals surface area contributed by atoms with Gasteiger partial charge in [0.15, 0.2) is 5.17 Å². The fourth-order valence-electron chi connectivity index (χ4n) is 1.54. The van der Waals surface area contributed by atoms with Crippen LogP contribution >= 0.6 is 11.8 Å². The third-order valence-electron chi connectivity index (χ3n) is 2.34. The Morgan fingerprint density at radius 3 is 3.00 bits per heavy atom. The van der Waals surface area contributed by atoms with Gasteiger partial charge in [-0.1, -0.05) is 30.8 Å². The summed E-state index contributed by atoms with van der Waals surface area (Å²) in [5.74, 6) is 0.519. The molecule has 1 aromatic carbocycles. The Morgan fingerprint density at radius 2 is 2.32 bits per heavy atom. The molecule has 0 aliphatic carbocycles. The van der Waals surface area contributed by atoms with Crippen molar-refractivity contribution in [2.75, 3.05) is 5.75 Å². The second kappa shape index (κ2) is 5.66. The van der Waals surface area contributed by atoms with Gasteiger partial charge in [-0.05, 0) is 17.4 Å². The van der Waals surface area contributed by atoms with Gasteiger partial charge < -0.3 is 0 Å². The summed E-state index contributed by atoms with van der Waals surface area (Å²) < 4.78 is 0. The van der Waals surface area contributed by atoms with Crippen LogP contribution in [-0.2, 0) is 4.79 Å². The molecule has 1 N–H and O–H groups in total. The number of amides is 1. The first kappa shape index (κ1) is 13.3. The maximum atomic E-state index is 11.6. The van der Waals surface area contributed by atoms with Crippen LogP contribution in [0.25, 0.3) is 6.08 Å². The van der Waals surface area contributed by atoms with Gasteiger partial charge >= 0.3 is 0 Å². The lowest BCUT2D eigenvalue weighted by Crippen LogP contribution is -2.21. The summed E-state index contributed by atoms with van der Waals surface area (Å²) in [6.45, 7) is 1.96. The molecular formula is C12H11N3O3S. The number of thioether (sulfide) groups is 1. The summed E-state index contributed by atoms with van der Waals surface area (Å²) in [6, 6.07) is 6.07. The molecule has 0 saturated heterocycles. The lowest BCUT2D eigenvalue weighted by molar-refractivity contribution is -0.384. The van der Waals surface area contributed by atoms with E-state index in [1.54, 1.807) is 12.1 Å². The normalized spacial score (nSPS) is 16.4. The average Bonchev–Trinajstić information content (AvgIpc) is 2.70. The number of benzene rings is 1. The number of amidine groups is 1. The molecule has 6 nitrogen and oxygen atoms in total. The van der Waals surface area contributed by atoms with Gasteiger partial charge in [-0.15, -0.1) is 0 Å². The van der Waals surface area contributed by atoms with E-state index in [4.69, 9.17) is 0 Å². The molecule has 0 bridgehead atoms. The number of nitro groups is 1. The van der Waals surface area contributed by atoms with E-state index < -0.39 is 4.92 Å². The second-order valence-corrected chi connectivity index (χ2v) is 4.94. The number of non-ortho nitro benzene ring substituents is 1. The highest BCUT2D eigenvalue weighted by molar-refractivity contribution is 8.13. The molecule has 98 valence electrons. The SMILES string of the molecule is CCSC1=N/C(=C\c2cccc([N+](=O)[O-])c2)C(=O)N1. The maximum absolute atomic E-state index is 11.6. The van der Waals surface area contributed by atoms with Gasteiger partial charge in [-0.25, -0.2) is 4.99 Å². The molecule has 0 aromatic heterocycles. The molecule has 1 amide bonds. The van der Waals surface area contributed by atoms with Gasteiger partial charge in [-0.3, -0.25) is 20.2 Å². The van der Waals surface area contributed by atoms with Crippen molar-refractivity contribution in [3.8, 4) is 0 Å². The summed E-state index contributed by atoms with van der Waals surface area (Å²) in [7, 11) is 0. The van der Waals surface area contributed by atoms with Crippen molar-refractivity contribution in [1.29, 1.82) is 0 Å². The molecule has 2 rings (SSSR count). The van der Waals surface area contributed by atoms with E-state index >= 15 is 0 Å². The molecule has 1 aliphatic rings. The molecule has 0 unspecified atom stereocenters. The predicted molar refractivity (Wildman–Crippen MR) is 74.8 cm³/mol. The Morgan fingerprint density at radius 1 is 1.53 bits per heavy atom. The van der Waals surface area contributed by atoms with Crippen LogP contribution in [0.3, 0.4) is 0 Å². The van der Waals surface area contributed by atoms with Crippen LogP contribution in [0.1, 0.15) is 12.5 Å². The van der Waals surface area contributed by atoms with Crippen LogP contribution < -0.4 is 5.32 Å². The molecule has 0 spiro atoms. The smallest absolute Gasteiger partial charge is 0.275 e. The minimum Gasteiger partial charge on any atom is -0.300 e. The largest absolute Gasteiger partial charge is 0.300 e. The molecule has 1 aromatic rings. The van der Waals surface area contributed by atoms with Crippen LogP contribution in [0.2, 0.25) is 0 Å². The van der Waals surface area contributed by atoms with Crippen LogP contribution in [0, 0.1) is 10.1 Å². The first-order valence-corrected chi connectivity index (χ1v) is 6.57. The summed E-state index contributed by atoms with van der Waals surface area (Å²) >= 11 is 1.43. The summed E-state index contributed by atoms with van der Waals surface area (Å²) in [5, 5.41) is 13.9. The Balaban J connectivity index is 2.28. The van der Waals surface area contributed by atoms with Crippen LogP contribution in [-0.4, -0.2) is 21.8 Å². The Labute approximate surface area is 113 Å². The van der Waals surface area contributed by atoms with Crippen LogP contribution in [0.5, 0.6) is 0 Å². The van der Waals surface area contributed by atoms with Gasteiger partial charge in [0.2, 0.25) is 0 Å². The number of aliphatic imine (C=N–C) groups is 1. The van der Waals surface area contributed by atoms with E-state index in [0.29, 0.717) is 10.7 Å². The summed E-state index contributed by atoms with van der Waals surface area (Å²) in [5.41, 5.74) is 0.821. The number of carbonyl (C=O) groups is 1. The first-order chi connectivity index (χ1) is 9.10. The number of nitrogens with zero attached hydrogens (tertiary/aromatic N) is 2. The monoisotopic (exact) mass is 277 g/mol. The highest BCUT2D eigenvalue weighted by Gasteiger charge is 2.19. The average molecular weight is 277 g/mol. The maximum Gasteiger partial charge on any atom is 0.275 e. The Bertz CT molecular complexity index is 596. The van der Waals surface area contributed by atoms with Crippen LogP contribution in [0.4, 0.5) is 5.69 Å². The molecule has 0 radical (unpaired) electrons. The van der Waals surface area contributed by atoms with E-state index in [1.807, 2.05) is 6.92 Å². The quantitative estimate of drug-likeness (QED) is 0.521. The molecule has 7 heteroatoms. The van der Waals surface area contributed by atoms with E-state index in [-0.39, 0.29) is 17.3 Å². The highest BCUT2D eigenvalue weighted by atomic mass is 32.2. The van der Waals surface area contributed by atoms with Crippen molar-refractivity contribution in [1.82, 2.24) is 5.32 Å². The molecule has 0 saturated carbocycles. The minimum absolute atomic E-state index is 0.0140.